The number of hydrogen-bond acceptors (Lipinski definition) is 1. The van der Waals surface area contributed by atoms with Crippen LogP contribution in [0.5, 0.6) is 0 Å². The Morgan fingerprint density at radius 3 is 1.67 bits per heavy atom. The quantitative estimate of drug-likeness (QED) is 0.144. The first-order chi connectivity index (χ1) is 22.2. The van der Waals surface area contributed by atoms with Crippen LogP contribution in [-0.4, -0.2) is 20.7 Å². The van der Waals surface area contributed by atoms with E-state index in [2.05, 4.69) is 119 Å². The molecule has 8 aromatic rings. The van der Waals surface area contributed by atoms with Crippen molar-refractivity contribution in [3.63, 3.8) is 0 Å². The summed E-state index contributed by atoms with van der Waals surface area (Å²) in [5.74, 6) is 1.21. The number of amidine groups is 1. The first-order valence-electron chi connectivity index (χ1n) is 15.1. The summed E-state index contributed by atoms with van der Waals surface area (Å²) < 4.78 is 4.58. The predicted molar refractivity (Wildman–Crippen MR) is 191 cm³/mol. The summed E-state index contributed by atoms with van der Waals surface area (Å²) in [6.45, 7) is 6.63. The molecule has 0 bridgehead atoms. The zero-order valence-electron chi connectivity index (χ0n) is 24.9. The maximum atomic E-state index is 5.21. The van der Waals surface area contributed by atoms with Crippen LogP contribution in [0.25, 0.3) is 55.1 Å². The molecule has 8 rings (SSSR count). The number of aromatic nitrogens is 2. The van der Waals surface area contributed by atoms with Crippen LogP contribution >= 0.6 is 0 Å². The molecule has 0 amide bonds. The van der Waals surface area contributed by atoms with Crippen molar-refractivity contribution in [1.29, 1.82) is 0 Å². The summed E-state index contributed by atoms with van der Waals surface area (Å²) in [7, 11) is 0. The van der Waals surface area contributed by atoms with E-state index in [4.69, 9.17) is 9.98 Å². The summed E-state index contributed by atoms with van der Waals surface area (Å²) in [6, 6.07) is 52.6. The highest BCUT2D eigenvalue weighted by atomic mass is 15.1. The summed E-state index contributed by atoms with van der Waals surface area (Å²) in [5, 5.41) is 4.70. The maximum Gasteiger partial charge on any atom is 0.161 e. The number of para-hydroxylation sites is 3. The summed E-state index contributed by atoms with van der Waals surface area (Å²) in [5.41, 5.74) is 8.38. The second-order valence-electron chi connectivity index (χ2n) is 11.2. The van der Waals surface area contributed by atoms with Crippen molar-refractivity contribution in [2.45, 2.75) is 6.92 Å². The minimum Gasteiger partial charge on any atom is -0.307 e. The Morgan fingerprint density at radius 2 is 1.00 bits per heavy atom. The number of rotatable bonds is 5. The van der Waals surface area contributed by atoms with Gasteiger partial charge in [0, 0.05) is 38.5 Å². The van der Waals surface area contributed by atoms with Crippen LogP contribution in [0.3, 0.4) is 0 Å². The van der Waals surface area contributed by atoms with Gasteiger partial charge in [0.2, 0.25) is 0 Å². The van der Waals surface area contributed by atoms with Crippen LogP contribution in [0.2, 0.25) is 0 Å². The van der Waals surface area contributed by atoms with Crippen molar-refractivity contribution >= 4 is 61.0 Å². The van der Waals surface area contributed by atoms with Crippen LogP contribution in [-0.2, 0) is 0 Å². The molecule has 4 heteroatoms. The van der Waals surface area contributed by atoms with Crippen LogP contribution in [0.1, 0.15) is 18.1 Å². The molecule has 2 heterocycles. The number of benzene rings is 6. The van der Waals surface area contributed by atoms with Crippen molar-refractivity contribution in [3.8, 4) is 5.69 Å². The van der Waals surface area contributed by atoms with Crippen molar-refractivity contribution < 1.29 is 0 Å². The molecule has 45 heavy (non-hydrogen) atoms. The van der Waals surface area contributed by atoms with E-state index in [1.165, 1.54) is 10.8 Å². The lowest BCUT2D eigenvalue weighted by Crippen LogP contribution is -2.06. The van der Waals surface area contributed by atoms with E-state index in [9.17, 15) is 0 Å². The fraction of sp³-hybridized carbons (Fsp3) is 0.0244. The van der Waals surface area contributed by atoms with Crippen LogP contribution in [0.4, 0.5) is 0 Å². The fourth-order valence-electron chi connectivity index (χ4n) is 6.43. The lowest BCUT2D eigenvalue weighted by Gasteiger charge is -2.13. The molecule has 4 nitrogen and oxygen atoms in total. The van der Waals surface area contributed by atoms with Gasteiger partial charge >= 0.3 is 0 Å². The molecular weight excluding hydrogens is 548 g/mol. The van der Waals surface area contributed by atoms with E-state index >= 15 is 0 Å². The summed E-state index contributed by atoms with van der Waals surface area (Å²) in [6.07, 6.45) is 0. The van der Waals surface area contributed by atoms with Gasteiger partial charge in [0.15, 0.2) is 5.84 Å². The predicted octanol–water partition coefficient (Wildman–Crippen LogP) is 10.3. The van der Waals surface area contributed by atoms with Gasteiger partial charge in [-0.25, -0.2) is 9.98 Å². The van der Waals surface area contributed by atoms with Gasteiger partial charge in [-0.3, -0.25) is 4.57 Å². The Balaban J connectivity index is 1.46. The average molecular weight is 579 g/mol. The summed E-state index contributed by atoms with van der Waals surface area (Å²) in [4.78, 5) is 10.3. The minimum absolute atomic E-state index is 0.599. The first-order valence-corrected chi connectivity index (χ1v) is 15.1. The lowest BCUT2D eigenvalue weighted by atomic mass is 10.1. The van der Waals surface area contributed by atoms with Crippen molar-refractivity contribution in [2.24, 2.45) is 9.98 Å². The van der Waals surface area contributed by atoms with E-state index < -0.39 is 0 Å². The van der Waals surface area contributed by atoms with E-state index in [-0.39, 0.29) is 0 Å². The molecule has 0 radical (unpaired) electrons. The third-order valence-electron chi connectivity index (χ3n) is 8.47. The van der Waals surface area contributed by atoms with Gasteiger partial charge < -0.3 is 4.57 Å². The molecule has 0 aliphatic carbocycles. The molecule has 2 aromatic heterocycles. The van der Waals surface area contributed by atoms with Gasteiger partial charge in [0.05, 0.1) is 22.1 Å². The molecular formula is C41H30N4. The van der Waals surface area contributed by atoms with Crippen molar-refractivity contribution in [3.05, 3.63) is 169 Å². The molecule has 0 saturated heterocycles. The number of nitrogens with zero attached hydrogens (tertiary/aromatic N) is 4. The smallest absolute Gasteiger partial charge is 0.161 e. The first kappa shape index (κ1) is 26.6. The molecule has 0 aliphatic rings. The third kappa shape index (κ3) is 4.47. The van der Waals surface area contributed by atoms with E-state index in [0.717, 1.165) is 55.4 Å². The Labute approximate surface area is 261 Å². The average Bonchev–Trinajstić information content (AvgIpc) is 3.62. The van der Waals surface area contributed by atoms with Gasteiger partial charge in [0.1, 0.15) is 5.82 Å². The van der Waals surface area contributed by atoms with Crippen LogP contribution < -0.4 is 0 Å². The highest BCUT2D eigenvalue weighted by Crippen LogP contribution is 2.41. The molecule has 0 aliphatic heterocycles. The Bertz CT molecular complexity index is 2430. The Hall–Kier alpha value is -6.00. The Morgan fingerprint density at radius 1 is 0.489 bits per heavy atom. The minimum atomic E-state index is 0.599. The largest absolute Gasteiger partial charge is 0.307 e. The Kier molecular flexibility index (Phi) is 6.46. The topological polar surface area (TPSA) is 34.6 Å². The SMILES string of the molecule is C=C(/N=C(\N=C(/C)c1ccccc1)c1ccccc1)n1c2ccccc2c2ccc3c4ccccc4n(-c4ccccc4)c3c21. The van der Waals surface area contributed by atoms with Gasteiger partial charge in [-0.1, -0.05) is 134 Å². The third-order valence-corrected chi connectivity index (χ3v) is 8.47. The van der Waals surface area contributed by atoms with E-state index in [1.807, 2.05) is 55.5 Å². The highest BCUT2D eigenvalue weighted by molar-refractivity contribution is 6.24. The number of aliphatic imine (C=N–C) groups is 2. The molecule has 0 saturated carbocycles. The van der Waals surface area contributed by atoms with Gasteiger partial charge in [0.25, 0.3) is 0 Å². The zero-order valence-corrected chi connectivity index (χ0v) is 24.9. The van der Waals surface area contributed by atoms with Gasteiger partial charge in [-0.15, -0.1) is 0 Å². The van der Waals surface area contributed by atoms with E-state index in [1.54, 1.807) is 0 Å². The maximum absolute atomic E-state index is 5.21. The van der Waals surface area contributed by atoms with Crippen molar-refractivity contribution in [2.75, 3.05) is 0 Å². The van der Waals surface area contributed by atoms with Crippen LogP contribution in [0.15, 0.2) is 168 Å². The monoisotopic (exact) mass is 578 g/mol. The van der Waals surface area contributed by atoms with Crippen molar-refractivity contribution in [1.82, 2.24) is 9.13 Å². The molecule has 6 aromatic carbocycles. The second kappa shape index (κ2) is 10.9. The number of fused-ring (bicyclic) bond motifs is 7. The molecule has 0 fully saturated rings. The molecule has 0 unspecified atom stereocenters. The number of hydrogen-bond donors (Lipinski definition) is 0. The molecule has 0 spiro atoms. The lowest BCUT2D eigenvalue weighted by molar-refractivity contribution is 1.15. The fourth-order valence-corrected chi connectivity index (χ4v) is 6.43. The molecule has 0 atom stereocenters. The van der Waals surface area contributed by atoms with Gasteiger partial charge in [-0.2, -0.15) is 0 Å². The van der Waals surface area contributed by atoms with E-state index in [0.29, 0.717) is 11.7 Å². The van der Waals surface area contributed by atoms with Gasteiger partial charge in [-0.05, 0) is 36.8 Å². The summed E-state index contributed by atoms with van der Waals surface area (Å²) >= 11 is 0. The zero-order chi connectivity index (χ0) is 30.3. The standard InChI is InChI=1S/C41H30N4/c1-28(30-16-6-3-7-17-30)42-41(31-18-8-4-9-19-31)43-29(2)44-37-24-14-12-22-33(37)35-26-27-36-34-23-13-15-25-38(34)45(40(36)39(35)44)32-20-10-5-11-21-32/h3-27H,2H2,1H3/b42-28+,43-41-. The normalized spacial score (nSPS) is 12.5. The second-order valence-corrected chi connectivity index (χ2v) is 11.2. The molecule has 214 valence electrons. The molecule has 0 N–H and O–H groups in total. The highest BCUT2D eigenvalue weighted by Gasteiger charge is 2.21. The van der Waals surface area contributed by atoms with Crippen LogP contribution in [0, 0.1) is 0 Å².